The lowest BCUT2D eigenvalue weighted by molar-refractivity contribution is 0.192. The predicted molar refractivity (Wildman–Crippen MR) is 96.3 cm³/mol. The number of aryl methyl sites for hydroxylation is 1. The van der Waals surface area contributed by atoms with Crippen LogP contribution in [0.15, 0.2) is 36.9 Å². The second-order valence-electron chi connectivity index (χ2n) is 6.46. The van der Waals surface area contributed by atoms with Crippen LogP contribution in [0, 0.1) is 6.92 Å². The molecule has 6 nitrogen and oxygen atoms in total. The minimum absolute atomic E-state index is 0.0222. The fourth-order valence-corrected chi connectivity index (χ4v) is 3.50. The van der Waals surface area contributed by atoms with E-state index in [0.29, 0.717) is 19.6 Å². The molecule has 1 aromatic carbocycles. The van der Waals surface area contributed by atoms with E-state index in [4.69, 9.17) is 0 Å². The second-order valence-corrected chi connectivity index (χ2v) is 6.46. The molecule has 0 atom stereocenters. The Morgan fingerprint density at radius 2 is 2.32 bits per heavy atom. The Balaban J connectivity index is 1.36. The van der Waals surface area contributed by atoms with E-state index in [2.05, 4.69) is 45.4 Å². The first-order valence-corrected chi connectivity index (χ1v) is 8.58. The Hall–Kier alpha value is -2.89. The van der Waals surface area contributed by atoms with Gasteiger partial charge in [-0.2, -0.15) is 0 Å². The Bertz CT molecular complexity index is 917. The summed E-state index contributed by atoms with van der Waals surface area (Å²) in [6.45, 7) is 4.01. The Morgan fingerprint density at radius 3 is 3.24 bits per heavy atom. The number of hydrogen-bond acceptors (Lipinski definition) is 3. The number of amides is 2. The molecule has 0 saturated heterocycles. The molecule has 0 unspecified atom stereocenters. The summed E-state index contributed by atoms with van der Waals surface area (Å²) < 4.78 is 0. The van der Waals surface area contributed by atoms with E-state index in [0.717, 1.165) is 29.6 Å². The van der Waals surface area contributed by atoms with Crippen LogP contribution in [0.25, 0.3) is 10.9 Å². The van der Waals surface area contributed by atoms with Gasteiger partial charge in [0.2, 0.25) is 0 Å². The molecule has 0 bridgehead atoms. The van der Waals surface area contributed by atoms with Gasteiger partial charge in [-0.05, 0) is 30.5 Å². The molecule has 128 valence electrons. The molecule has 0 saturated carbocycles. The van der Waals surface area contributed by atoms with E-state index in [9.17, 15) is 4.79 Å². The van der Waals surface area contributed by atoms with Gasteiger partial charge in [-0.25, -0.2) is 14.8 Å². The summed E-state index contributed by atoms with van der Waals surface area (Å²) in [5, 5.41) is 4.30. The maximum Gasteiger partial charge on any atom is 0.317 e. The molecule has 0 fully saturated rings. The minimum atomic E-state index is -0.0222. The van der Waals surface area contributed by atoms with Gasteiger partial charge >= 0.3 is 6.03 Å². The minimum Gasteiger partial charge on any atom is -0.361 e. The summed E-state index contributed by atoms with van der Waals surface area (Å²) in [5.74, 6) is 0. The van der Waals surface area contributed by atoms with Crippen LogP contribution in [-0.2, 0) is 19.4 Å². The molecule has 25 heavy (non-hydrogen) atoms. The maximum absolute atomic E-state index is 12.4. The zero-order valence-electron chi connectivity index (χ0n) is 14.2. The number of hydrogen-bond donors (Lipinski definition) is 2. The summed E-state index contributed by atoms with van der Waals surface area (Å²) in [6.07, 6.45) is 7.00. The van der Waals surface area contributed by atoms with Gasteiger partial charge in [-0.3, -0.25) is 0 Å². The van der Waals surface area contributed by atoms with Crippen molar-refractivity contribution in [3.63, 3.8) is 0 Å². The zero-order chi connectivity index (χ0) is 17.2. The predicted octanol–water partition coefficient (Wildman–Crippen LogP) is 2.58. The van der Waals surface area contributed by atoms with Crippen molar-refractivity contribution in [1.82, 2.24) is 25.2 Å². The average Bonchev–Trinajstić information content (AvgIpc) is 3.06. The largest absolute Gasteiger partial charge is 0.361 e. The highest BCUT2D eigenvalue weighted by Crippen LogP contribution is 2.22. The third-order valence-electron chi connectivity index (χ3n) is 4.81. The first-order chi connectivity index (χ1) is 12.2. The quantitative estimate of drug-likeness (QED) is 0.772. The molecule has 1 aliphatic rings. The van der Waals surface area contributed by atoms with E-state index in [1.807, 2.05) is 11.1 Å². The third kappa shape index (κ3) is 3.07. The lowest BCUT2D eigenvalue weighted by atomic mass is 10.1. The lowest BCUT2D eigenvalue weighted by Gasteiger charge is -2.27. The molecule has 4 rings (SSSR count). The van der Waals surface area contributed by atoms with Gasteiger partial charge in [0.25, 0.3) is 0 Å². The topological polar surface area (TPSA) is 73.9 Å². The number of H-pyrrole nitrogens is 1. The molecular weight excluding hydrogens is 314 g/mol. The number of nitrogens with one attached hydrogen (secondary N) is 2. The fraction of sp³-hybridized carbons (Fsp3) is 0.316. The second kappa shape index (κ2) is 6.55. The van der Waals surface area contributed by atoms with Crippen molar-refractivity contribution in [3.8, 4) is 0 Å². The van der Waals surface area contributed by atoms with E-state index in [1.54, 1.807) is 12.5 Å². The highest BCUT2D eigenvalue weighted by atomic mass is 16.2. The monoisotopic (exact) mass is 335 g/mol. The first-order valence-electron chi connectivity index (χ1n) is 8.58. The number of carbonyl (C=O) groups is 1. The Morgan fingerprint density at radius 1 is 1.40 bits per heavy atom. The molecule has 6 heteroatoms. The lowest BCUT2D eigenvalue weighted by Crippen LogP contribution is -2.43. The van der Waals surface area contributed by atoms with Gasteiger partial charge in [0, 0.05) is 48.4 Å². The van der Waals surface area contributed by atoms with Crippen molar-refractivity contribution in [3.05, 3.63) is 59.3 Å². The smallest absolute Gasteiger partial charge is 0.317 e. The summed E-state index contributed by atoms with van der Waals surface area (Å²) in [5.41, 5.74) is 5.73. The first kappa shape index (κ1) is 15.6. The van der Waals surface area contributed by atoms with Gasteiger partial charge in [0.1, 0.15) is 6.33 Å². The molecule has 0 spiro atoms. The maximum atomic E-state index is 12.4. The van der Waals surface area contributed by atoms with Gasteiger partial charge in [-0.15, -0.1) is 0 Å². The molecular formula is C19H21N5O. The number of fused-ring (bicyclic) bond motifs is 2. The molecule has 1 aliphatic heterocycles. The van der Waals surface area contributed by atoms with E-state index in [1.165, 1.54) is 16.5 Å². The molecule has 0 aliphatic carbocycles. The van der Waals surface area contributed by atoms with Gasteiger partial charge < -0.3 is 15.2 Å². The summed E-state index contributed by atoms with van der Waals surface area (Å²) in [7, 11) is 0. The van der Waals surface area contributed by atoms with Crippen molar-refractivity contribution in [2.75, 3.05) is 13.1 Å². The summed E-state index contributed by atoms with van der Waals surface area (Å²) >= 11 is 0. The molecule has 2 aromatic heterocycles. The van der Waals surface area contributed by atoms with Crippen LogP contribution >= 0.6 is 0 Å². The average molecular weight is 335 g/mol. The Kier molecular flexibility index (Phi) is 4.09. The van der Waals surface area contributed by atoms with Crippen LogP contribution in [0.1, 0.15) is 22.4 Å². The number of benzene rings is 1. The van der Waals surface area contributed by atoms with E-state index >= 15 is 0 Å². The van der Waals surface area contributed by atoms with Crippen LogP contribution in [-0.4, -0.2) is 39.0 Å². The standard InChI is InChI=1S/C19H21N5O/c1-13-3-2-4-17-18(13)14(10-22-17)5-7-21-19(25)24-8-6-16-15(11-24)9-20-12-23-16/h2-4,9-10,12,22H,5-8,11H2,1H3,(H,21,25). The van der Waals surface area contributed by atoms with Gasteiger partial charge in [0.05, 0.1) is 12.2 Å². The van der Waals surface area contributed by atoms with E-state index in [-0.39, 0.29) is 6.03 Å². The van der Waals surface area contributed by atoms with Gasteiger partial charge in [-0.1, -0.05) is 12.1 Å². The van der Waals surface area contributed by atoms with Crippen LogP contribution < -0.4 is 5.32 Å². The number of aromatic nitrogens is 3. The summed E-state index contributed by atoms with van der Waals surface area (Å²) in [4.78, 5) is 25.9. The molecule has 0 radical (unpaired) electrons. The zero-order valence-corrected chi connectivity index (χ0v) is 14.2. The number of nitrogens with zero attached hydrogens (tertiary/aromatic N) is 3. The number of rotatable bonds is 3. The van der Waals surface area contributed by atoms with E-state index < -0.39 is 0 Å². The number of carbonyl (C=O) groups excluding carboxylic acids is 1. The molecule has 2 N–H and O–H groups in total. The van der Waals surface area contributed by atoms with Crippen molar-refractivity contribution in [1.29, 1.82) is 0 Å². The normalized spacial score (nSPS) is 13.7. The highest BCUT2D eigenvalue weighted by Gasteiger charge is 2.21. The Labute approximate surface area is 146 Å². The van der Waals surface area contributed by atoms with Crippen LogP contribution in [0.4, 0.5) is 4.79 Å². The SMILES string of the molecule is Cc1cccc2[nH]cc(CCNC(=O)N3CCc4ncncc4C3)c12. The fourth-order valence-electron chi connectivity index (χ4n) is 3.50. The van der Waals surface area contributed by atoms with Crippen molar-refractivity contribution < 1.29 is 4.79 Å². The third-order valence-corrected chi connectivity index (χ3v) is 4.81. The summed E-state index contributed by atoms with van der Waals surface area (Å²) in [6, 6.07) is 6.23. The highest BCUT2D eigenvalue weighted by molar-refractivity contribution is 5.86. The molecule has 3 heterocycles. The van der Waals surface area contributed by atoms with Crippen LogP contribution in [0.2, 0.25) is 0 Å². The van der Waals surface area contributed by atoms with Crippen molar-refractivity contribution in [2.45, 2.75) is 26.3 Å². The van der Waals surface area contributed by atoms with Crippen molar-refractivity contribution >= 4 is 16.9 Å². The van der Waals surface area contributed by atoms with Crippen LogP contribution in [0.3, 0.4) is 0 Å². The molecule has 3 aromatic rings. The number of aromatic amines is 1. The molecule has 2 amide bonds. The van der Waals surface area contributed by atoms with Crippen molar-refractivity contribution in [2.24, 2.45) is 0 Å². The van der Waals surface area contributed by atoms with Crippen LogP contribution in [0.5, 0.6) is 0 Å². The number of urea groups is 1. The van der Waals surface area contributed by atoms with Gasteiger partial charge in [0.15, 0.2) is 0 Å².